The van der Waals surface area contributed by atoms with Crippen molar-refractivity contribution in [3.8, 4) is 28.6 Å². The summed E-state index contributed by atoms with van der Waals surface area (Å²) in [5.74, 6) is 2.55. The van der Waals surface area contributed by atoms with Crippen molar-refractivity contribution < 1.29 is 14.3 Å². The average molecular weight is 424 g/mol. The molecule has 0 spiro atoms. The van der Waals surface area contributed by atoms with Crippen molar-refractivity contribution in [1.82, 2.24) is 9.97 Å². The number of carbonyl (C=O) groups is 1. The Bertz CT molecular complexity index is 1110. The molecule has 0 radical (unpaired) electrons. The zero-order valence-electron chi connectivity index (χ0n) is 14.0. The molecule has 0 saturated carbocycles. The highest BCUT2D eigenvalue weighted by Gasteiger charge is 2.08. The summed E-state index contributed by atoms with van der Waals surface area (Å²) in [5.41, 5.74) is 7.46. The number of rotatable bonds is 4. The molecule has 3 aromatic carbocycles. The Hall–Kier alpha value is -3.32. The van der Waals surface area contributed by atoms with Gasteiger partial charge in [-0.3, -0.25) is 0 Å². The molecule has 0 saturated heterocycles. The van der Waals surface area contributed by atoms with Crippen LogP contribution >= 0.6 is 15.9 Å². The monoisotopic (exact) mass is 423 g/mol. The Kier molecular flexibility index (Phi) is 4.52. The third-order valence-electron chi connectivity index (χ3n) is 3.85. The largest absolute Gasteiger partial charge is 0.457 e. The van der Waals surface area contributed by atoms with Gasteiger partial charge >= 0.3 is 6.09 Å². The summed E-state index contributed by atoms with van der Waals surface area (Å²) >= 11 is 3.40. The van der Waals surface area contributed by atoms with Gasteiger partial charge in [0.05, 0.1) is 11.0 Å². The van der Waals surface area contributed by atoms with E-state index in [0.29, 0.717) is 17.1 Å². The van der Waals surface area contributed by atoms with Crippen LogP contribution in [0.5, 0.6) is 17.2 Å². The molecule has 0 atom stereocenters. The summed E-state index contributed by atoms with van der Waals surface area (Å²) in [6.07, 6.45) is -0.855. The second kappa shape index (κ2) is 7.13. The number of hydrogen-bond donors (Lipinski definition) is 2. The number of benzene rings is 3. The highest BCUT2D eigenvalue weighted by molar-refractivity contribution is 9.10. The van der Waals surface area contributed by atoms with Gasteiger partial charge in [0, 0.05) is 16.1 Å². The van der Waals surface area contributed by atoms with E-state index in [1.165, 1.54) is 0 Å². The lowest BCUT2D eigenvalue weighted by molar-refractivity contribution is 0.211. The number of amides is 1. The summed E-state index contributed by atoms with van der Waals surface area (Å²) in [6.45, 7) is 0. The van der Waals surface area contributed by atoms with Crippen molar-refractivity contribution in [2.75, 3.05) is 0 Å². The van der Waals surface area contributed by atoms with E-state index in [2.05, 4.69) is 25.9 Å². The Morgan fingerprint density at radius 3 is 2.22 bits per heavy atom. The number of primary amides is 1. The number of nitrogens with one attached hydrogen (secondary N) is 1. The van der Waals surface area contributed by atoms with Gasteiger partial charge in [0.15, 0.2) is 0 Å². The molecule has 134 valence electrons. The molecule has 6 nitrogen and oxygen atoms in total. The molecule has 0 aliphatic carbocycles. The molecule has 4 aromatic rings. The van der Waals surface area contributed by atoms with Crippen LogP contribution in [-0.2, 0) is 0 Å². The maximum Gasteiger partial charge on any atom is 0.409 e. The third-order valence-corrected chi connectivity index (χ3v) is 4.38. The van der Waals surface area contributed by atoms with Crippen molar-refractivity contribution in [2.24, 2.45) is 5.73 Å². The minimum atomic E-state index is -0.855. The Balaban J connectivity index is 1.56. The number of nitrogens with two attached hydrogens (primary N) is 1. The second-order valence-electron chi connectivity index (χ2n) is 5.77. The number of carbonyl (C=O) groups excluding carboxylic acids is 1. The van der Waals surface area contributed by atoms with Crippen LogP contribution in [0.2, 0.25) is 0 Å². The van der Waals surface area contributed by atoms with Crippen molar-refractivity contribution in [3.63, 3.8) is 0 Å². The number of imidazole rings is 1. The fraction of sp³-hybridized carbons (Fsp3) is 0. The number of ether oxygens (including phenoxy) is 2. The maximum absolute atomic E-state index is 10.9. The molecule has 4 rings (SSSR count). The van der Waals surface area contributed by atoms with Crippen molar-refractivity contribution in [2.45, 2.75) is 0 Å². The van der Waals surface area contributed by atoms with Crippen molar-refractivity contribution in [1.29, 1.82) is 0 Å². The van der Waals surface area contributed by atoms with Crippen LogP contribution in [0.15, 0.2) is 71.2 Å². The lowest BCUT2D eigenvalue weighted by Gasteiger charge is -2.06. The molecule has 0 bridgehead atoms. The van der Waals surface area contributed by atoms with E-state index in [1.54, 1.807) is 18.2 Å². The standard InChI is InChI=1S/C20H14BrN3O3/c21-13-3-7-15(8-4-13)26-14-5-1-12(2-6-14)19-23-17-10-9-16(27-20(22)25)11-18(17)24-19/h1-11H,(H2,22,25)(H,23,24). The number of hydrogen-bond acceptors (Lipinski definition) is 4. The number of H-pyrrole nitrogens is 1. The molecule has 27 heavy (non-hydrogen) atoms. The van der Waals surface area contributed by atoms with E-state index in [4.69, 9.17) is 15.2 Å². The number of nitrogens with zero attached hydrogens (tertiary/aromatic N) is 1. The fourth-order valence-corrected chi connectivity index (χ4v) is 2.89. The van der Waals surface area contributed by atoms with E-state index in [9.17, 15) is 4.79 Å². The normalized spacial score (nSPS) is 10.7. The van der Waals surface area contributed by atoms with Crippen LogP contribution in [0, 0.1) is 0 Å². The fourth-order valence-electron chi connectivity index (χ4n) is 2.62. The zero-order valence-corrected chi connectivity index (χ0v) is 15.6. The summed E-state index contributed by atoms with van der Waals surface area (Å²) in [7, 11) is 0. The van der Waals surface area contributed by atoms with Gasteiger partial charge in [0.2, 0.25) is 0 Å². The highest BCUT2D eigenvalue weighted by atomic mass is 79.9. The molecule has 7 heteroatoms. The van der Waals surface area contributed by atoms with Crippen LogP contribution < -0.4 is 15.2 Å². The van der Waals surface area contributed by atoms with Gasteiger partial charge in [0.25, 0.3) is 0 Å². The van der Waals surface area contributed by atoms with Crippen molar-refractivity contribution in [3.05, 3.63) is 71.2 Å². The van der Waals surface area contributed by atoms with Gasteiger partial charge in [0.1, 0.15) is 23.1 Å². The van der Waals surface area contributed by atoms with Crippen LogP contribution in [0.25, 0.3) is 22.4 Å². The molecule has 1 amide bonds. The molecule has 0 aliphatic heterocycles. The first-order valence-electron chi connectivity index (χ1n) is 8.08. The first-order valence-corrected chi connectivity index (χ1v) is 8.87. The predicted octanol–water partition coefficient (Wildman–Crippen LogP) is 5.24. The van der Waals surface area contributed by atoms with E-state index < -0.39 is 6.09 Å². The molecule has 1 aromatic heterocycles. The van der Waals surface area contributed by atoms with Crippen molar-refractivity contribution >= 4 is 33.1 Å². The van der Waals surface area contributed by atoms with Gasteiger partial charge in [-0.1, -0.05) is 15.9 Å². The van der Waals surface area contributed by atoms with Crippen LogP contribution in [-0.4, -0.2) is 16.1 Å². The molecular weight excluding hydrogens is 410 g/mol. The highest BCUT2D eigenvalue weighted by Crippen LogP contribution is 2.27. The first-order chi connectivity index (χ1) is 13.1. The molecular formula is C20H14BrN3O3. The summed E-state index contributed by atoms with van der Waals surface area (Å²) in [4.78, 5) is 18.6. The first kappa shape index (κ1) is 17.1. The van der Waals surface area contributed by atoms with Crippen LogP contribution in [0.4, 0.5) is 4.79 Å². The Morgan fingerprint density at radius 2 is 1.56 bits per heavy atom. The van der Waals surface area contributed by atoms with Gasteiger partial charge in [-0.2, -0.15) is 0 Å². The summed E-state index contributed by atoms with van der Waals surface area (Å²) in [5, 5.41) is 0. The molecule has 0 aliphatic rings. The number of aromatic amines is 1. The van der Waals surface area contributed by atoms with E-state index >= 15 is 0 Å². The molecule has 1 heterocycles. The lowest BCUT2D eigenvalue weighted by Crippen LogP contribution is -2.16. The van der Waals surface area contributed by atoms with Gasteiger partial charge in [-0.15, -0.1) is 0 Å². The quantitative estimate of drug-likeness (QED) is 0.469. The Morgan fingerprint density at radius 1 is 0.926 bits per heavy atom. The second-order valence-corrected chi connectivity index (χ2v) is 6.68. The summed E-state index contributed by atoms with van der Waals surface area (Å²) in [6, 6.07) is 20.3. The topological polar surface area (TPSA) is 90.2 Å². The smallest absolute Gasteiger partial charge is 0.409 e. The van der Waals surface area contributed by atoms with Crippen LogP contribution in [0.1, 0.15) is 0 Å². The van der Waals surface area contributed by atoms with Gasteiger partial charge in [-0.05, 0) is 60.7 Å². The average Bonchev–Trinajstić information content (AvgIpc) is 3.07. The van der Waals surface area contributed by atoms with Gasteiger partial charge < -0.3 is 20.2 Å². The number of halogens is 1. The minimum Gasteiger partial charge on any atom is -0.457 e. The Labute approximate surface area is 163 Å². The molecule has 3 N–H and O–H groups in total. The predicted molar refractivity (Wildman–Crippen MR) is 106 cm³/mol. The number of fused-ring (bicyclic) bond motifs is 1. The van der Waals surface area contributed by atoms with E-state index in [-0.39, 0.29) is 0 Å². The zero-order chi connectivity index (χ0) is 18.8. The third kappa shape index (κ3) is 3.93. The SMILES string of the molecule is NC(=O)Oc1ccc2[nH]c(-c3ccc(Oc4ccc(Br)cc4)cc3)nc2c1. The molecule has 0 fully saturated rings. The van der Waals surface area contributed by atoms with E-state index in [1.807, 2.05) is 48.5 Å². The van der Waals surface area contributed by atoms with E-state index in [0.717, 1.165) is 27.1 Å². The lowest BCUT2D eigenvalue weighted by atomic mass is 10.2. The number of aromatic nitrogens is 2. The molecule has 0 unspecified atom stereocenters. The van der Waals surface area contributed by atoms with Gasteiger partial charge in [-0.25, -0.2) is 9.78 Å². The maximum atomic E-state index is 10.9. The van der Waals surface area contributed by atoms with Crippen LogP contribution in [0.3, 0.4) is 0 Å². The minimum absolute atomic E-state index is 0.353. The summed E-state index contributed by atoms with van der Waals surface area (Å²) < 4.78 is 11.7.